The lowest BCUT2D eigenvalue weighted by molar-refractivity contribution is -0.172. The molecule has 2 aromatic carbocycles. The quantitative estimate of drug-likeness (QED) is 0.0248. The molecule has 0 saturated carbocycles. The highest BCUT2D eigenvalue weighted by Gasteiger charge is 2.46. The number of Topliss-reactive ketones (excluding diaryl/α,β-unsaturated/α-hetero) is 3. The number of aryl methyl sites for hydroxylation is 2. The Labute approximate surface area is 466 Å². The van der Waals surface area contributed by atoms with Gasteiger partial charge in [0.2, 0.25) is 17.7 Å². The number of ketones is 3. The van der Waals surface area contributed by atoms with Crippen molar-refractivity contribution in [3.63, 3.8) is 0 Å². The largest absolute Gasteiger partial charge is 0.458 e. The van der Waals surface area contributed by atoms with Gasteiger partial charge in [-0.05, 0) is 98.2 Å². The highest BCUT2D eigenvalue weighted by Crippen LogP contribution is 2.47. The average Bonchev–Trinajstić information content (AvgIpc) is 4.35. The van der Waals surface area contributed by atoms with Crippen LogP contribution < -0.4 is 21.5 Å². The minimum absolute atomic E-state index is 0.0127. The summed E-state index contributed by atoms with van der Waals surface area (Å²) in [5.41, 5.74) is 6.16. The van der Waals surface area contributed by atoms with E-state index in [4.69, 9.17) is 14.5 Å². The Morgan fingerprint density at radius 2 is 1.62 bits per heavy atom. The minimum Gasteiger partial charge on any atom is -0.458 e. The molecule has 3 aliphatic heterocycles. The fourth-order valence-electron chi connectivity index (χ4n) is 11.2. The molecule has 22 nitrogen and oxygen atoms in total. The number of aliphatic hydroxyl groups is 1. The van der Waals surface area contributed by atoms with Gasteiger partial charge in [-0.1, -0.05) is 48.9 Å². The fraction of sp³-hybridized carbons (Fsp3) is 0.441. The zero-order valence-corrected chi connectivity index (χ0v) is 45.6. The number of carbonyl (C=O) groups excluding carboxylic acids is 9. The van der Waals surface area contributed by atoms with Crippen molar-refractivity contribution >= 4 is 63.8 Å². The van der Waals surface area contributed by atoms with Crippen molar-refractivity contribution in [3.05, 3.63) is 121 Å². The van der Waals surface area contributed by atoms with Gasteiger partial charge in [0.15, 0.2) is 23.0 Å². The van der Waals surface area contributed by atoms with Gasteiger partial charge in [0.05, 0.1) is 47.8 Å². The Kier molecular flexibility index (Phi) is 17.7. The molecule has 22 heteroatoms. The third-order valence-corrected chi connectivity index (χ3v) is 15.7. The number of hydrogen-bond acceptors (Lipinski definition) is 16. The van der Waals surface area contributed by atoms with Gasteiger partial charge in [-0.25, -0.2) is 14.5 Å². The number of nitrogens with one attached hydrogen (secondary N) is 3. The highest BCUT2D eigenvalue weighted by molar-refractivity contribution is 6.12. The minimum atomic E-state index is -1.98. The molecule has 0 fully saturated rings. The van der Waals surface area contributed by atoms with Gasteiger partial charge in [0.1, 0.15) is 32.2 Å². The second-order valence-corrected chi connectivity index (χ2v) is 21.2. The first-order valence-corrected chi connectivity index (χ1v) is 27.5. The maximum Gasteiger partial charge on any atom is 0.343 e. The van der Waals surface area contributed by atoms with Crippen molar-refractivity contribution in [2.24, 2.45) is 0 Å². The number of amides is 5. The zero-order valence-electron chi connectivity index (χ0n) is 45.6. The average molecular weight is 1110 g/mol. The van der Waals surface area contributed by atoms with Crippen molar-refractivity contribution in [2.45, 2.75) is 148 Å². The van der Waals surface area contributed by atoms with Gasteiger partial charge in [-0.3, -0.25) is 48.1 Å². The molecule has 0 bridgehead atoms. The topological polar surface area (TPSA) is 297 Å². The van der Waals surface area contributed by atoms with Gasteiger partial charge in [0, 0.05) is 73.7 Å². The summed E-state index contributed by atoms with van der Waals surface area (Å²) >= 11 is 0. The summed E-state index contributed by atoms with van der Waals surface area (Å²) < 4.78 is 13.8. The van der Waals surface area contributed by atoms with Gasteiger partial charge >= 0.3 is 5.97 Å². The molecule has 0 unspecified atom stereocenters. The monoisotopic (exact) mass is 1110 g/mol. The molecule has 5 aromatic rings. The second kappa shape index (κ2) is 25.0. The first-order valence-electron chi connectivity index (χ1n) is 27.5. The Balaban J connectivity index is 0.725. The number of rotatable bonds is 27. The lowest BCUT2D eigenvalue weighted by atomic mass is 9.76. The molecule has 424 valence electrons. The van der Waals surface area contributed by atoms with Crippen LogP contribution in [0.4, 0.5) is 0 Å². The molecule has 0 saturated heterocycles. The van der Waals surface area contributed by atoms with E-state index in [1.165, 1.54) is 23.0 Å². The molecule has 0 spiro atoms. The Hall–Kier alpha value is -8.37. The lowest BCUT2D eigenvalue weighted by Crippen LogP contribution is -2.44. The summed E-state index contributed by atoms with van der Waals surface area (Å²) in [4.78, 5) is 135. The molecule has 5 amide bonds. The number of ether oxygens (including phenoxy) is 2. The standard InChI is InChI=1S/C59H65N9O13/c1-4-59(79)44-26-47-56-42(30-68(47)57(77)43(44)32-81-58(59)78)54-37(14-16-41-35(3)34(2)23-46(63-56)55(41)54)25-40(70)31-80-33-61-50(73)19-17-48(71)45(24-36-11-7-5-8-12-36)62-51(74)18-15-39(69)29-66-28-38(64-65-66)27-60-49(72)13-9-6-10-22-67-52(75)20-21-53(67)76/h5,7-8,11-12,20-21,23,26,28,37,45,79H,4,6,9-10,13-19,22,24-25,27,29-33H2,1-3H3,(H,60,72)(H,61,73)(H,62,74)/t37-,45+,59+/m1/s1. The Bertz CT molecular complexity index is 3440. The third kappa shape index (κ3) is 12.8. The van der Waals surface area contributed by atoms with Crippen molar-refractivity contribution in [1.29, 1.82) is 0 Å². The molecule has 0 radical (unpaired) electrons. The molecule has 4 N–H and O–H groups in total. The van der Waals surface area contributed by atoms with E-state index in [1.54, 1.807) is 29.7 Å². The Morgan fingerprint density at radius 1 is 0.864 bits per heavy atom. The van der Waals surface area contributed by atoms with Crippen LogP contribution in [0.5, 0.6) is 0 Å². The van der Waals surface area contributed by atoms with E-state index in [-0.39, 0.29) is 143 Å². The van der Waals surface area contributed by atoms with E-state index in [9.17, 15) is 53.1 Å². The molecule has 6 heterocycles. The lowest BCUT2D eigenvalue weighted by Gasteiger charge is -2.31. The maximum atomic E-state index is 14.1. The first-order chi connectivity index (χ1) is 38.9. The number of imide groups is 1. The second-order valence-electron chi connectivity index (χ2n) is 21.2. The number of fused-ring (bicyclic) bond motifs is 5. The van der Waals surface area contributed by atoms with E-state index in [1.807, 2.05) is 31.2 Å². The van der Waals surface area contributed by atoms with Gasteiger partial charge in [0.25, 0.3) is 17.4 Å². The summed E-state index contributed by atoms with van der Waals surface area (Å²) in [5.74, 6) is -3.89. The number of benzene rings is 2. The van der Waals surface area contributed by atoms with Crippen LogP contribution in [0.15, 0.2) is 65.6 Å². The number of unbranched alkanes of at least 4 members (excludes halogenated alkanes) is 2. The van der Waals surface area contributed by atoms with Crippen LogP contribution in [-0.2, 0) is 97.3 Å². The van der Waals surface area contributed by atoms with E-state index in [2.05, 4.69) is 33.2 Å². The number of nitrogens with zero attached hydrogens (tertiary/aromatic N) is 6. The van der Waals surface area contributed by atoms with E-state index < -0.39 is 35.2 Å². The molecule has 1 aliphatic carbocycles. The van der Waals surface area contributed by atoms with Crippen LogP contribution in [0.1, 0.15) is 134 Å². The highest BCUT2D eigenvalue weighted by atomic mass is 16.6. The third-order valence-electron chi connectivity index (χ3n) is 15.7. The zero-order chi connectivity index (χ0) is 57.5. The van der Waals surface area contributed by atoms with E-state index in [0.717, 1.165) is 49.2 Å². The summed E-state index contributed by atoms with van der Waals surface area (Å²) in [5, 5.41) is 28.5. The van der Waals surface area contributed by atoms with Crippen LogP contribution in [-0.4, -0.2) is 113 Å². The van der Waals surface area contributed by atoms with E-state index >= 15 is 0 Å². The Morgan fingerprint density at radius 3 is 2.38 bits per heavy atom. The fourth-order valence-corrected chi connectivity index (χ4v) is 11.2. The molecular formula is C59H65N9O13. The number of esters is 1. The van der Waals surface area contributed by atoms with Crippen LogP contribution in [0.3, 0.4) is 0 Å². The van der Waals surface area contributed by atoms with E-state index in [0.29, 0.717) is 55.7 Å². The molecule has 3 aromatic heterocycles. The van der Waals surface area contributed by atoms with Crippen LogP contribution in [0, 0.1) is 13.8 Å². The van der Waals surface area contributed by atoms with Gasteiger partial charge in [-0.15, -0.1) is 5.10 Å². The maximum absolute atomic E-state index is 14.1. The van der Waals surface area contributed by atoms with Crippen LogP contribution >= 0.6 is 0 Å². The first kappa shape index (κ1) is 57.3. The summed E-state index contributed by atoms with van der Waals surface area (Å²) in [6.07, 6.45) is 6.89. The molecule has 81 heavy (non-hydrogen) atoms. The summed E-state index contributed by atoms with van der Waals surface area (Å²) in [7, 11) is 0. The van der Waals surface area contributed by atoms with Crippen molar-refractivity contribution < 1.29 is 57.7 Å². The van der Waals surface area contributed by atoms with Crippen LogP contribution in [0.25, 0.3) is 22.3 Å². The molecule has 3 atom stereocenters. The SMILES string of the molecule is CC[C@@]1(O)C(=O)OCc2c1cc1n(c2=O)Cc2c-1nc1cc(C)c(C)c3c1c2[C@@H](CC(=O)COCNC(=O)CCC(=O)[C@H](Cc1ccccc1)NC(=O)CCC(=O)Cn1cc(CNC(=O)CCCCCN2C(=O)C=CC2=O)nn1)CC3. The predicted molar refractivity (Wildman–Crippen MR) is 290 cm³/mol. The number of cyclic esters (lactones) is 1. The predicted octanol–water partition coefficient (Wildman–Crippen LogP) is 3.60. The smallest absolute Gasteiger partial charge is 0.343 e. The number of pyridine rings is 2. The molecule has 4 aliphatic rings. The van der Waals surface area contributed by atoms with Crippen molar-refractivity contribution in [1.82, 2.24) is 45.4 Å². The van der Waals surface area contributed by atoms with Crippen molar-refractivity contribution in [2.75, 3.05) is 19.9 Å². The summed E-state index contributed by atoms with van der Waals surface area (Å²) in [6, 6.07) is 11.8. The number of hydrogen-bond donors (Lipinski definition) is 4. The number of aromatic nitrogens is 5. The van der Waals surface area contributed by atoms with Crippen LogP contribution in [0.2, 0.25) is 0 Å². The normalized spacial score (nSPS) is 17.1. The van der Waals surface area contributed by atoms with Gasteiger partial charge < -0.3 is 35.1 Å². The molecule has 9 rings (SSSR count). The van der Waals surface area contributed by atoms with Crippen molar-refractivity contribution in [3.8, 4) is 11.4 Å². The summed E-state index contributed by atoms with van der Waals surface area (Å²) in [6.45, 7) is 5.31. The number of carbonyl (C=O) groups is 9. The van der Waals surface area contributed by atoms with Gasteiger partial charge in [-0.2, -0.15) is 0 Å². The molecular weight excluding hydrogens is 1040 g/mol.